The Kier molecular flexibility index (Phi) is 4.14. The monoisotopic (exact) mass is 285 g/mol. The minimum atomic E-state index is -1.19. The minimum absolute atomic E-state index is 0.00417. The summed E-state index contributed by atoms with van der Waals surface area (Å²) in [5.74, 6) is 0.382. The molecule has 0 saturated heterocycles. The van der Waals surface area contributed by atoms with Gasteiger partial charge in [0.2, 0.25) is 5.95 Å². The third kappa shape index (κ3) is 2.68. The lowest BCUT2D eigenvalue weighted by atomic mass is 10.3. The molecule has 0 radical (unpaired) electrons. The number of nitrogens with two attached hydrogens (primary N) is 1. The average Bonchev–Trinajstić information content (AvgIpc) is 2.80. The second kappa shape index (κ2) is 6.00. The summed E-state index contributed by atoms with van der Waals surface area (Å²) in [6.07, 6.45) is 0. The van der Waals surface area contributed by atoms with E-state index in [0.717, 1.165) is 0 Å². The van der Waals surface area contributed by atoms with Crippen LogP contribution in [0.4, 0.5) is 5.95 Å². The number of benzene rings is 1. The van der Waals surface area contributed by atoms with Gasteiger partial charge in [0, 0.05) is 17.2 Å². The van der Waals surface area contributed by atoms with Gasteiger partial charge in [0.15, 0.2) is 11.4 Å². The summed E-state index contributed by atoms with van der Waals surface area (Å²) < 4.78 is 13.5. The van der Waals surface area contributed by atoms with Crippen molar-refractivity contribution in [1.29, 1.82) is 10.5 Å². The summed E-state index contributed by atoms with van der Waals surface area (Å²) in [4.78, 5) is 4.52. The second-order valence-corrected chi connectivity index (χ2v) is 5.48. The number of nitrogen functional groups attached to an aromatic ring is 1. The normalized spacial score (nSPS) is 11.5. The number of imidazole rings is 1. The van der Waals surface area contributed by atoms with Gasteiger partial charge >= 0.3 is 0 Å². The molecule has 0 spiro atoms. The molecule has 2 rings (SSSR count). The van der Waals surface area contributed by atoms with Crippen molar-refractivity contribution in [2.45, 2.75) is 11.4 Å². The van der Waals surface area contributed by atoms with E-state index in [1.165, 1.54) is 4.57 Å². The smallest absolute Gasteiger partial charge is 0.202 e. The molecule has 100 valence electrons. The molecule has 2 N–H and O–H groups in total. The zero-order valence-electron chi connectivity index (χ0n) is 10.5. The third-order valence-electron chi connectivity index (χ3n) is 2.72. The van der Waals surface area contributed by atoms with Crippen LogP contribution in [0.5, 0.6) is 0 Å². The van der Waals surface area contributed by atoms with E-state index in [9.17, 15) is 4.21 Å². The molecule has 1 unspecified atom stereocenters. The van der Waals surface area contributed by atoms with Crippen molar-refractivity contribution in [2.75, 3.05) is 11.5 Å². The quantitative estimate of drug-likeness (QED) is 0.902. The Balaban J connectivity index is 2.17. The van der Waals surface area contributed by atoms with Crippen LogP contribution in [0.2, 0.25) is 0 Å². The first kappa shape index (κ1) is 13.8. The maximum atomic E-state index is 12.1. The zero-order valence-corrected chi connectivity index (χ0v) is 11.3. The van der Waals surface area contributed by atoms with Gasteiger partial charge < -0.3 is 10.3 Å². The number of hydrogen-bond acceptors (Lipinski definition) is 5. The lowest BCUT2D eigenvalue weighted by molar-refractivity contribution is 0.673. The van der Waals surface area contributed by atoms with Crippen molar-refractivity contribution in [1.82, 2.24) is 9.55 Å². The fraction of sp³-hybridized carbons (Fsp3) is 0.154. The van der Waals surface area contributed by atoms with E-state index in [1.54, 1.807) is 12.1 Å². The number of nitrogens with zero attached hydrogens (tertiary/aromatic N) is 4. The van der Waals surface area contributed by atoms with Crippen molar-refractivity contribution in [3.63, 3.8) is 0 Å². The van der Waals surface area contributed by atoms with Crippen molar-refractivity contribution >= 4 is 16.7 Å². The SMILES string of the molecule is N#Cc1nc(N)n(CCS(=O)c2ccccc2)c1C#N. The van der Waals surface area contributed by atoms with Gasteiger partial charge in [0.05, 0.1) is 10.8 Å². The Bertz CT molecular complexity index is 724. The molecule has 0 aliphatic heterocycles. The van der Waals surface area contributed by atoms with E-state index in [0.29, 0.717) is 10.6 Å². The van der Waals surface area contributed by atoms with Gasteiger partial charge in [0.1, 0.15) is 12.1 Å². The highest BCUT2D eigenvalue weighted by Gasteiger charge is 2.15. The molecule has 2 aromatic rings. The topological polar surface area (TPSA) is 108 Å². The van der Waals surface area contributed by atoms with Crippen molar-refractivity contribution < 1.29 is 4.21 Å². The fourth-order valence-corrected chi connectivity index (χ4v) is 2.80. The molecule has 0 aliphatic rings. The first-order chi connectivity index (χ1) is 9.67. The number of anilines is 1. The summed E-state index contributed by atoms with van der Waals surface area (Å²) in [6, 6.07) is 12.7. The third-order valence-corrected chi connectivity index (χ3v) is 4.07. The summed E-state index contributed by atoms with van der Waals surface area (Å²) in [5.41, 5.74) is 5.77. The van der Waals surface area contributed by atoms with Crippen LogP contribution >= 0.6 is 0 Å². The van der Waals surface area contributed by atoms with Gasteiger partial charge in [-0.25, -0.2) is 4.98 Å². The molecule has 20 heavy (non-hydrogen) atoms. The average molecular weight is 285 g/mol. The van der Waals surface area contributed by atoms with Crippen LogP contribution < -0.4 is 5.73 Å². The Hall–Kier alpha value is -2.64. The Morgan fingerprint density at radius 3 is 2.55 bits per heavy atom. The molecule has 1 aromatic carbocycles. The number of rotatable bonds is 4. The van der Waals surface area contributed by atoms with E-state index in [1.807, 2.05) is 30.3 Å². The largest absolute Gasteiger partial charge is 0.369 e. The minimum Gasteiger partial charge on any atom is -0.369 e. The summed E-state index contributed by atoms with van der Waals surface area (Å²) in [6.45, 7) is 0.269. The Morgan fingerprint density at radius 1 is 1.25 bits per heavy atom. The fourth-order valence-electron chi connectivity index (χ4n) is 1.75. The molecule has 0 fully saturated rings. The number of hydrogen-bond donors (Lipinski definition) is 1. The highest BCUT2D eigenvalue weighted by atomic mass is 32.2. The molecule has 1 heterocycles. The maximum absolute atomic E-state index is 12.1. The molecule has 6 nitrogen and oxygen atoms in total. The Morgan fingerprint density at radius 2 is 1.95 bits per heavy atom. The molecule has 1 atom stereocenters. The summed E-state index contributed by atoms with van der Waals surface area (Å²) in [5, 5.41) is 17.9. The van der Waals surface area contributed by atoms with Crippen molar-refractivity contribution in [3.8, 4) is 12.1 Å². The van der Waals surface area contributed by atoms with E-state index in [-0.39, 0.29) is 23.9 Å². The predicted molar refractivity (Wildman–Crippen MR) is 73.8 cm³/mol. The van der Waals surface area contributed by atoms with Gasteiger partial charge in [0.25, 0.3) is 0 Å². The van der Waals surface area contributed by atoms with Crippen LogP contribution in [-0.4, -0.2) is 19.5 Å². The molecule has 0 amide bonds. The second-order valence-electron chi connectivity index (χ2n) is 3.91. The highest BCUT2D eigenvalue weighted by molar-refractivity contribution is 7.85. The maximum Gasteiger partial charge on any atom is 0.202 e. The Labute approximate surface area is 118 Å². The van der Waals surface area contributed by atoms with Gasteiger partial charge in [-0.2, -0.15) is 10.5 Å². The number of nitriles is 2. The van der Waals surface area contributed by atoms with Crippen LogP contribution in [0.1, 0.15) is 11.4 Å². The lowest BCUT2D eigenvalue weighted by Gasteiger charge is -2.06. The van der Waals surface area contributed by atoms with Crippen LogP contribution in [0.3, 0.4) is 0 Å². The van der Waals surface area contributed by atoms with Gasteiger partial charge in [-0.3, -0.25) is 4.21 Å². The summed E-state index contributed by atoms with van der Waals surface area (Å²) >= 11 is 0. The van der Waals surface area contributed by atoms with Gasteiger partial charge in [-0.1, -0.05) is 18.2 Å². The van der Waals surface area contributed by atoms with E-state index < -0.39 is 10.8 Å². The molecule has 0 aliphatic carbocycles. The highest BCUT2D eigenvalue weighted by Crippen LogP contribution is 2.13. The van der Waals surface area contributed by atoms with Crippen LogP contribution in [-0.2, 0) is 17.3 Å². The first-order valence-corrected chi connectivity index (χ1v) is 7.09. The molecule has 0 saturated carbocycles. The van der Waals surface area contributed by atoms with Crippen LogP contribution in [0.15, 0.2) is 35.2 Å². The first-order valence-electron chi connectivity index (χ1n) is 5.77. The number of aromatic nitrogens is 2. The lowest BCUT2D eigenvalue weighted by Crippen LogP contribution is -2.12. The molecular weight excluding hydrogens is 274 g/mol. The molecule has 7 heteroatoms. The van der Waals surface area contributed by atoms with E-state index in [2.05, 4.69) is 4.98 Å². The molecule has 1 aromatic heterocycles. The van der Waals surface area contributed by atoms with Crippen LogP contribution in [0, 0.1) is 22.7 Å². The standard InChI is InChI=1S/C13H11N5OS/c14-8-11-12(9-15)18(13(16)17-11)6-7-20(19)10-4-2-1-3-5-10/h1-5H,6-7H2,(H2,16,17). The van der Waals surface area contributed by atoms with Crippen molar-refractivity contribution in [3.05, 3.63) is 41.7 Å². The zero-order chi connectivity index (χ0) is 14.5. The molecular formula is C13H11N5OS. The summed E-state index contributed by atoms with van der Waals surface area (Å²) in [7, 11) is -1.19. The van der Waals surface area contributed by atoms with Crippen LogP contribution in [0.25, 0.3) is 0 Å². The predicted octanol–water partition coefficient (Wildman–Crippen LogP) is 1.02. The van der Waals surface area contributed by atoms with Gasteiger partial charge in [-0.15, -0.1) is 0 Å². The molecule has 0 bridgehead atoms. The van der Waals surface area contributed by atoms with Crippen molar-refractivity contribution in [2.24, 2.45) is 0 Å². The van der Waals surface area contributed by atoms with Gasteiger partial charge in [-0.05, 0) is 12.1 Å². The van der Waals surface area contributed by atoms with E-state index >= 15 is 0 Å². The van der Waals surface area contributed by atoms with E-state index in [4.69, 9.17) is 16.3 Å².